The zero-order valence-corrected chi connectivity index (χ0v) is 18.7. The molecule has 1 nitrogen and oxygen atoms in total. The average molecular weight is 421 g/mol. The molecule has 1 aliphatic rings. The van der Waals surface area contributed by atoms with Gasteiger partial charge in [-0.3, -0.25) is 0 Å². The Morgan fingerprint density at radius 2 is 1.00 bits per heavy atom. The van der Waals surface area contributed by atoms with Crippen molar-refractivity contribution in [2.24, 2.45) is 0 Å². The van der Waals surface area contributed by atoms with Crippen molar-refractivity contribution in [1.29, 1.82) is 0 Å². The fraction of sp³-hybridized carbons (Fsp3) is 0.0323. The van der Waals surface area contributed by atoms with E-state index in [1.807, 2.05) is 0 Å². The minimum Gasteiger partial charge on any atom is -0.310 e. The van der Waals surface area contributed by atoms with Gasteiger partial charge < -0.3 is 4.90 Å². The second-order valence-electron chi connectivity index (χ2n) is 8.77. The summed E-state index contributed by atoms with van der Waals surface area (Å²) >= 11 is 0. The first-order valence-electron chi connectivity index (χ1n) is 11.5. The molecular formula is C31H24BN. The molecule has 0 fully saturated rings. The molecule has 156 valence electrons. The summed E-state index contributed by atoms with van der Waals surface area (Å²) < 4.78 is 0. The fourth-order valence-electron chi connectivity index (χ4n) is 4.88. The molecule has 0 radical (unpaired) electrons. The van der Waals surface area contributed by atoms with Crippen LogP contribution in [-0.2, 0) is 6.42 Å². The summed E-state index contributed by atoms with van der Waals surface area (Å²) in [5.41, 5.74) is 12.8. The standard InChI is InChI=1S/C31H24BN/c32-28-14-18-31-27(21-28)20-26-19-25(23-9-5-2-6-10-23)13-17-30(26)33(31)29-15-11-24(12-16-29)22-7-3-1-4-8-22/h1-19,21H,20,32H2. The van der Waals surface area contributed by atoms with E-state index in [1.165, 1.54) is 55.9 Å². The van der Waals surface area contributed by atoms with E-state index in [1.54, 1.807) is 0 Å². The molecule has 0 bridgehead atoms. The van der Waals surface area contributed by atoms with Crippen LogP contribution in [0.1, 0.15) is 11.1 Å². The van der Waals surface area contributed by atoms with Gasteiger partial charge in [-0.1, -0.05) is 96.5 Å². The van der Waals surface area contributed by atoms with Gasteiger partial charge in [0.25, 0.3) is 0 Å². The lowest BCUT2D eigenvalue weighted by molar-refractivity contribution is 1.09. The van der Waals surface area contributed by atoms with Crippen LogP contribution in [0, 0.1) is 0 Å². The van der Waals surface area contributed by atoms with Crippen LogP contribution in [0.5, 0.6) is 0 Å². The molecule has 0 aliphatic carbocycles. The van der Waals surface area contributed by atoms with E-state index in [-0.39, 0.29) is 0 Å². The molecule has 5 aromatic rings. The van der Waals surface area contributed by atoms with Crippen LogP contribution in [0.3, 0.4) is 0 Å². The molecule has 1 heterocycles. The van der Waals surface area contributed by atoms with E-state index >= 15 is 0 Å². The quantitative estimate of drug-likeness (QED) is 0.289. The third-order valence-electron chi connectivity index (χ3n) is 6.52. The second kappa shape index (κ2) is 8.14. The number of hydrogen-bond donors (Lipinski definition) is 0. The number of anilines is 3. The Bertz CT molecular complexity index is 1420. The Labute approximate surface area is 196 Å². The van der Waals surface area contributed by atoms with Gasteiger partial charge in [-0.15, -0.1) is 0 Å². The lowest BCUT2D eigenvalue weighted by Crippen LogP contribution is -2.20. The van der Waals surface area contributed by atoms with E-state index in [0.29, 0.717) is 0 Å². The fourth-order valence-corrected chi connectivity index (χ4v) is 4.88. The first-order valence-corrected chi connectivity index (χ1v) is 11.5. The summed E-state index contributed by atoms with van der Waals surface area (Å²) in [7, 11) is 2.18. The Morgan fingerprint density at radius 3 is 1.67 bits per heavy atom. The van der Waals surface area contributed by atoms with Gasteiger partial charge in [0.05, 0.1) is 0 Å². The molecule has 0 atom stereocenters. The Hall–Kier alpha value is -4.04. The maximum Gasteiger partial charge on any atom is 0.139 e. The number of fused-ring (bicyclic) bond motifs is 2. The highest BCUT2D eigenvalue weighted by atomic mass is 15.2. The van der Waals surface area contributed by atoms with Gasteiger partial charge in [-0.25, -0.2) is 0 Å². The highest BCUT2D eigenvalue weighted by Gasteiger charge is 2.24. The van der Waals surface area contributed by atoms with Gasteiger partial charge in [-0.2, -0.15) is 0 Å². The van der Waals surface area contributed by atoms with Crippen LogP contribution in [-0.4, -0.2) is 7.85 Å². The number of benzene rings is 5. The molecule has 0 N–H and O–H groups in total. The minimum absolute atomic E-state index is 0.950. The zero-order valence-electron chi connectivity index (χ0n) is 18.7. The van der Waals surface area contributed by atoms with Crippen LogP contribution >= 0.6 is 0 Å². The summed E-state index contributed by atoms with van der Waals surface area (Å²) in [5, 5.41) is 0. The van der Waals surface area contributed by atoms with E-state index in [0.717, 1.165) is 6.42 Å². The van der Waals surface area contributed by atoms with Crippen molar-refractivity contribution < 1.29 is 0 Å². The molecule has 0 amide bonds. The molecule has 33 heavy (non-hydrogen) atoms. The summed E-state index contributed by atoms with van der Waals surface area (Å²) in [4.78, 5) is 2.41. The molecule has 0 saturated heterocycles. The van der Waals surface area contributed by atoms with Crippen molar-refractivity contribution >= 4 is 30.4 Å². The van der Waals surface area contributed by atoms with Crippen molar-refractivity contribution in [1.82, 2.24) is 0 Å². The van der Waals surface area contributed by atoms with Gasteiger partial charge >= 0.3 is 0 Å². The molecule has 1 aliphatic heterocycles. The monoisotopic (exact) mass is 421 g/mol. The van der Waals surface area contributed by atoms with Crippen LogP contribution in [0.15, 0.2) is 121 Å². The van der Waals surface area contributed by atoms with Crippen molar-refractivity contribution in [3.05, 3.63) is 132 Å². The minimum atomic E-state index is 0.950. The van der Waals surface area contributed by atoms with Gasteiger partial charge in [0.2, 0.25) is 0 Å². The Balaban J connectivity index is 1.46. The molecule has 0 aromatic heterocycles. The van der Waals surface area contributed by atoms with E-state index in [4.69, 9.17) is 0 Å². The smallest absolute Gasteiger partial charge is 0.139 e. The van der Waals surface area contributed by atoms with Crippen LogP contribution < -0.4 is 10.4 Å². The van der Waals surface area contributed by atoms with Crippen LogP contribution in [0.4, 0.5) is 17.1 Å². The third-order valence-corrected chi connectivity index (χ3v) is 6.52. The summed E-state index contributed by atoms with van der Waals surface area (Å²) in [5.74, 6) is 0. The number of nitrogens with zero attached hydrogens (tertiary/aromatic N) is 1. The Kier molecular flexibility index (Phi) is 4.85. The first-order chi connectivity index (χ1) is 16.3. The molecule has 6 rings (SSSR count). The van der Waals surface area contributed by atoms with E-state index in [2.05, 4.69) is 134 Å². The first kappa shape index (κ1) is 19.6. The van der Waals surface area contributed by atoms with Crippen molar-refractivity contribution in [2.45, 2.75) is 6.42 Å². The lowest BCUT2D eigenvalue weighted by atomic mass is 9.87. The number of hydrogen-bond acceptors (Lipinski definition) is 1. The maximum absolute atomic E-state index is 2.41. The third kappa shape index (κ3) is 3.64. The van der Waals surface area contributed by atoms with Crippen LogP contribution in [0.2, 0.25) is 0 Å². The lowest BCUT2D eigenvalue weighted by Gasteiger charge is -2.34. The van der Waals surface area contributed by atoms with Gasteiger partial charge in [0, 0.05) is 23.5 Å². The molecule has 0 saturated carbocycles. The van der Waals surface area contributed by atoms with Crippen molar-refractivity contribution in [3.63, 3.8) is 0 Å². The Morgan fingerprint density at radius 1 is 0.485 bits per heavy atom. The molecule has 0 unspecified atom stereocenters. The van der Waals surface area contributed by atoms with Gasteiger partial charge in [-0.05, 0) is 63.7 Å². The van der Waals surface area contributed by atoms with Crippen molar-refractivity contribution in [2.75, 3.05) is 4.90 Å². The molecule has 2 heteroatoms. The summed E-state index contributed by atoms with van der Waals surface area (Å²) in [6.07, 6.45) is 0.950. The second-order valence-corrected chi connectivity index (χ2v) is 8.77. The van der Waals surface area contributed by atoms with Gasteiger partial charge in [0.15, 0.2) is 0 Å². The van der Waals surface area contributed by atoms with Crippen LogP contribution in [0.25, 0.3) is 22.3 Å². The largest absolute Gasteiger partial charge is 0.310 e. The van der Waals surface area contributed by atoms with E-state index < -0.39 is 0 Å². The zero-order chi connectivity index (χ0) is 22.2. The summed E-state index contributed by atoms with van der Waals surface area (Å²) in [6, 6.07) is 43.9. The molecule has 0 spiro atoms. The van der Waals surface area contributed by atoms with E-state index in [9.17, 15) is 0 Å². The summed E-state index contributed by atoms with van der Waals surface area (Å²) in [6.45, 7) is 0. The predicted molar refractivity (Wildman–Crippen MR) is 143 cm³/mol. The average Bonchev–Trinajstić information content (AvgIpc) is 2.88. The molecule has 5 aromatic carbocycles. The van der Waals surface area contributed by atoms with Crippen molar-refractivity contribution in [3.8, 4) is 22.3 Å². The SMILES string of the molecule is Bc1ccc2c(c1)Cc1cc(-c3ccccc3)ccc1N2c1ccc(-c2ccccc2)cc1. The number of rotatable bonds is 3. The molecular weight excluding hydrogens is 397 g/mol. The predicted octanol–water partition coefficient (Wildman–Crippen LogP) is 6.65. The topological polar surface area (TPSA) is 3.24 Å². The maximum atomic E-state index is 2.41. The highest BCUT2D eigenvalue weighted by Crippen LogP contribution is 2.44. The van der Waals surface area contributed by atoms with Gasteiger partial charge in [0.1, 0.15) is 7.85 Å². The highest BCUT2D eigenvalue weighted by molar-refractivity contribution is 6.32. The normalized spacial score (nSPS) is 12.2.